The fourth-order valence-electron chi connectivity index (χ4n) is 2.06. The van der Waals surface area contributed by atoms with Crippen LogP contribution < -0.4 is 11.1 Å². The quantitative estimate of drug-likeness (QED) is 0.885. The van der Waals surface area contributed by atoms with Crippen molar-refractivity contribution in [3.05, 3.63) is 28.7 Å². The van der Waals surface area contributed by atoms with Crippen molar-refractivity contribution in [2.24, 2.45) is 5.73 Å². The van der Waals surface area contributed by atoms with Crippen LogP contribution in [0, 0.1) is 20.8 Å². The Kier molecular flexibility index (Phi) is 5.42. The van der Waals surface area contributed by atoms with E-state index < -0.39 is 24.9 Å². The normalized spacial score (nSPS) is 11.4. The zero-order valence-electron chi connectivity index (χ0n) is 12.5. The number of nitrogens with two attached hydrogens (primary N) is 1. The lowest BCUT2D eigenvalue weighted by atomic mass is 10.2. The number of nitrogens with zero attached hydrogens (tertiary/aromatic N) is 3. The first kappa shape index (κ1) is 18.2. The highest BCUT2D eigenvalue weighted by Gasteiger charge is 2.29. The van der Waals surface area contributed by atoms with Gasteiger partial charge in [-0.3, -0.25) is 4.79 Å². The van der Waals surface area contributed by atoms with Crippen molar-refractivity contribution in [3.8, 4) is 0 Å². The van der Waals surface area contributed by atoms with Gasteiger partial charge in [0.25, 0.3) is 11.8 Å². The molecule has 0 aliphatic rings. The van der Waals surface area contributed by atoms with Gasteiger partial charge in [-0.05, 0) is 26.8 Å². The van der Waals surface area contributed by atoms with E-state index in [2.05, 4.69) is 15.4 Å². The monoisotopic (exact) mass is 333 g/mol. The van der Waals surface area contributed by atoms with E-state index in [0.717, 1.165) is 11.4 Å². The SMILES string of the molecule is Cc1cc(C)n2nc(C)c(C(=O)NCC(F)(F)CN)c2n1.Cl. The van der Waals surface area contributed by atoms with Gasteiger partial charge in [-0.15, -0.1) is 12.4 Å². The van der Waals surface area contributed by atoms with Gasteiger partial charge in [-0.2, -0.15) is 5.10 Å². The molecule has 0 saturated heterocycles. The summed E-state index contributed by atoms with van der Waals surface area (Å²) in [7, 11) is 0. The van der Waals surface area contributed by atoms with Crippen molar-refractivity contribution in [2.75, 3.05) is 13.1 Å². The van der Waals surface area contributed by atoms with Crippen LogP contribution in [-0.4, -0.2) is 39.5 Å². The Balaban J connectivity index is 0.00000242. The summed E-state index contributed by atoms with van der Waals surface area (Å²) in [6.45, 7) is 3.62. The number of halogens is 3. The maximum atomic E-state index is 13.1. The first-order valence-corrected chi connectivity index (χ1v) is 6.45. The van der Waals surface area contributed by atoms with Gasteiger partial charge in [0, 0.05) is 11.4 Å². The lowest BCUT2D eigenvalue weighted by molar-refractivity contribution is 0.0119. The van der Waals surface area contributed by atoms with Gasteiger partial charge in [0.15, 0.2) is 5.65 Å². The first-order chi connectivity index (χ1) is 9.75. The van der Waals surface area contributed by atoms with E-state index in [1.807, 2.05) is 13.0 Å². The molecule has 0 bridgehead atoms. The number of hydrogen-bond donors (Lipinski definition) is 2. The number of rotatable bonds is 4. The van der Waals surface area contributed by atoms with Crippen molar-refractivity contribution in [1.29, 1.82) is 0 Å². The molecule has 122 valence electrons. The van der Waals surface area contributed by atoms with E-state index in [4.69, 9.17) is 5.73 Å². The highest BCUT2D eigenvalue weighted by Crippen LogP contribution is 2.17. The molecule has 0 aliphatic heterocycles. The summed E-state index contributed by atoms with van der Waals surface area (Å²) in [5.41, 5.74) is 7.47. The Morgan fingerprint density at radius 2 is 2.05 bits per heavy atom. The van der Waals surface area contributed by atoms with Crippen LogP contribution in [0.15, 0.2) is 6.07 Å². The van der Waals surface area contributed by atoms with Crippen molar-refractivity contribution < 1.29 is 13.6 Å². The Morgan fingerprint density at radius 1 is 1.41 bits per heavy atom. The minimum absolute atomic E-state index is 0. The lowest BCUT2D eigenvalue weighted by Crippen LogP contribution is -2.41. The van der Waals surface area contributed by atoms with E-state index in [9.17, 15) is 13.6 Å². The highest BCUT2D eigenvalue weighted by molar-refractivity contribution is 6.01. The molecule has 2 aromatic rings. The molecule has 0 radical (unpaired) electrons. The summed E-state index contributed by atoms with van der Waals surface area (Å²) >= 11 is 0. The molecule has 0 unspecified atom stereocenters. The van der Waals surface area contributed by atoms with E-state index in [-0.39, 0.29) is 18.0 Å². The van der Waals surface area contributed by atoms with Crippen molar-refractivity contribution in [3.63, 3.8) is 0 Å². The van der Waals surface area contributed by atoms with Gasteiger partial charge < -0.3 is 11.1 Å². The van der Waals surface area contributed by atoms with Crippen LogP contribution in [0.5, 0.6) is 0 Å². The smallest absolute Gasteiger partial charge is 0.277 e. The standard InChI is InChI=1S/C13H17F2N5O.ClH/c1-7-4-8(2)20-11(18-7)10(9(3)19-20)12(21)17-6-13(14,15)5-16;/h4H,5-6,16H2,1-3H3,(H,17,21);1H. The van der Waals surface area contributed by atoms with Crippen LogP contribution in [0.4, 0.5) is 8.78 Å². The summed E-state index contributed by atoms with van der Waals surface area (Å²) in [6, 6.07) is 1.82. The number of hydrogen-bond acceptors (Lipinski definition) is 4. The maximum absolute atomic E-state index is 13.1. The average molecular weight is 334 g/mol. The molecule has 0 spiro atoms. The number of nitrogens with one attached hydrogen (secondary N) is 1. The van der Waals surface area contributed by atoms with Crippen LogP contribution in [0.25, 0.3) is 5.65 Å². The predicted octanol–water partition coefficient (Wildman–Crippen LogP) is 1.40. The van der Waals surface area contributed by atoms with E-state index in [1.165, 1.54) is 4.52 Å². The van der Waals surface area contributed by atoms with Crippen molar-refractivity contribution >= 4 is 24.0 Å². The summed E-state index contributed by atoms with van der Waals surface area (Å²) in [5.74, 6) is -3.76. The third-order valence-corrected chi connectivity index (χ3v) is 3.10. The summed E-state index contributed by atoms with van der Waals surface area (Å²) in [6.07, 6.45) is 0. The molecular formula is C13H18ClF2N5O. The molecule has 3 N–H and O–H groups in total. The topological polar surface area (TPSA) is 85.3 Å². The Bertz CT molecular complexity index is 701. The third kappa shape index (κ3) is 3.50. The molecule has 2 aromatic heterocycles. The second-order valence-electron chi connectivity index (χ2n) is 4.98. The molecule has 6 nitrogen and oxygen atoms in total. The molecule has 9 heteroatoms. The van der Waals surface area contributed by atoms with Crippen molar-refractivity contribution in [2.45, 2.75) is 26.7 Å². The van der Waals surface area contributed by atoms with Gasteiger partial charge in [0.2, 0.25) is 0 Å². The number of fused-ring (bicyclic) bond motifs is 1. The number of carbonyl (C=O) groups excluding carboxylic acids is 1. The largest absolute Gasteiger partial charge is 0.346 e. The van der Waals surface area contributed by atoms with Crippen LogP contribution in [0.3, 0.4) is 0 Å². The maximum Gasteiger partial charge on any atom is 0.277 e. The number of alkyl halides is 2. The number of carbonyl (C=O) groups is 1. The second kappa shape index (κ2) is 6.53. The molecule has 2 rings (SSSR count). The molecule has 0 aliphatic carbocycles. The Hall–Kier alpha value is -1.80. The van der Waals surface area contributed by atoms with Gasteiger partial charge in [-0.1, -0.05) is 0 Å². The van der Waals surface area contributed by atoms with Gasteiger partial charge in [-0.25, -0.2) is 18.3 Å². The average Bonchev–Trinajstić information content (AvgIpc) is 2.73. The predicted molar refractivity (Wildman–Crippen MR) is 80.8 cm³/mol. The fraction of sp³-hybridized carbons (Fsp3) is 0.462. The van der Waals surface area contributed by atoms with Crippen molar-refractivity contribution in [1.82, 2.24) is 19.9 Å². The summed E-state index contributed by atoms with van der Waals surface area (Å²) < 4.78 is 27.8. The molecule has 0 atom stereocenters. The highest BCUT2D eigenvalue weighted by atomic mass is 35.5. The van der Waals surface area contributed by atoms with Gasteiger partial charge in [0.1, 0.15) is 5.56 Å². The summed E-state index contributed by atoms with van der Waals surface area (Å²) in [5, 5.41) is 6.41. The minimum Gasteiger partial charge on any atom is -0.346 e. The zero-order chi connectivity index (χ0) is 15.8. The molecule has 1 amide bonds. The fourth-order valence-corrected chi connectivity index (χ4v) is 2.06. The molecule has 0 fully saturated rings. The van der Waals surface area contributed by atoms with Gasteiger partial charge in [0.05, 0.1) is 18.8 Å². The molecule has 0 saturated carbocycles. The Morgan fingerprint density at radius 3 is 2.64 bits per heavy atom. The molecule has 22 heavy (non-hydrogen) atoms. The van der Waals surface area contributed by atoms with E-state index in [0.29, 0.717) is 11.3 Å². The first-order valence-electron chi connectivity index (χ1n) is 6.45. The third-order valence-electron chi connectivity index (χ3n) is 3.10. The summed E-state index contributed by atoms with van der Waals surface area (Å²) in [4.78, 5) is 16.4. The number of aryl methyl sites for hydroxylation is 3. The minimum atomic E-state index is -3.13. The van der Waals surface area contributed by atoms with Crippen LogP contribution >= 0.6 is 12.4 Å². The second-order valence-corrected chi connectivity index (χ2v) is 4.98. The Labute approximate surface area is 132 Å². The molecular weight excluding hydrogens is 316 g/mol. The van der Waals surface area contributed by atoms with Crippen LogP contribution in [-0.2, 0) is 0 Å². The zero-order valence-corrected chi connectivity index (χ0v) is 13.3. The van der Waals surface area contributed by atoms with Crippen LogP contribution in [0.2, 0.25) is 0 Å². The van der Waals surface area contributed by atoms with E-state index >= 15 is 0 Å². The molecule has 0 aromatic carbocycles. The van der Waals surface area contributed by atoms with E-state index in [1.54, 1.807) is 13.8 Å². The number of amides is 1. The number of aromatic nitrogens is 3. The molecule has 2 heterocycles. The van der Waals surface area contributed by atoms with Crippen LogP contribution in [0.1, 0.15) is 27.4 Å². The lowest BCUT2D eigenvalue weighted by Gasteiger charge is -2.14. The van der Waals surface area contributed by atoms with Gasteiger partial charge >= 0.3 is 0 Å².